The maximum absolute atomic E-state index is 12.0. The summed E-state index contributed by atoms with van der Waals surface area (Å²) < 4.78 is 10.3. The monoisotopic (exact) mass is 284 g/mol. The van der Waals surface area contributed by atoms with E-state index in [2.05, 4.69) is 0 Å². The molecule has 0 spiro atoms. The highest BCUT2D eigenvalue weighted by Gasteiger charge is 2.31. The lowest BCUT2D eigenvalue weighted by Gasteiger charge is -2.06. The molecule has 2 aromatic rings. The first-order valence-electron chi connectivity index (χ1n) is 6.23. The van der Waals surface area contributed by atoms with Gasteiger partial charge in [-0.15, -0.1) is 0 Å². The number of phenolic OH excluding ortho intramolecular Hbond substituents is 2. The summed E-state index contributed by atoms with van der Waals surface area (Å²) in [5.41, 5.74) is 1.59. The Morgan fingerprint density at radius 3 is 2.48 bits per heavy atom. The fourth-order valence-corrected chi connectivity index (χ4v) is 2.21. The maximum Gasteiger partial charge on any atom is 0.344 e. The lowest BCUT2D eigenvalue weighted by molar-refractivity contribution is -0.126. The molecule has 5 heteroatoms. The van der Waals surface area contributed by atoms with Gasteiger partial charge >= 0.3 is 5.97 Å². The van der Waals surface area contributed by atoms with Crippen LogP contribution in [0.15, 0.2) is 36.4 Å². The molecule has 0 atom stereocenters. The van der Waals surface area contributed by atoms with Crippen molar-refractivity contribution in [1.82, 2.24) is 0 Å². The van der Waals surface area contributed by atoms with Crippen LogP contribution in [-0.2, 0) is 4.79 Å². The Bertz CT molecular complexity index is 744. The molecule has 0 amide bonds. The summed E-state index contributed by atoms with van der Waals surface area (Å²) in [6.07, 6.45) is 1.65. The molecule has 2 aromatic carbocycles. The normalized spacial score (nSPS) is 14.9. The number of esters is 1. The molecule has 0 bridgehead atoms. The molecule has 5 nitrogen and oxygen atoms in total. The van der Waals surface area contributed by atoms with E-state index in [0.717, 1.165) is 5.56 Å². The van der Waals surface area contributed by atoms with E-state index < -0.39 is 5.97 Å². The third kappa shape index (κ3) is 2.29. The van der Waals surface area contributed by atoms with Gasteiger partial charge in [-0.1, -0.05) is 12.1 Å². The summed E-state index contributed by atoms with van der Waals surface area (Å²) in [5, 5.41) is 18.9. The number of methoxy groups -OCH3 is 1. The topological polar surface area (TPSA) is 76.0 Å². The second kappa shape index (κ2) is 4.86. The number of carbonyl (C=O) groups is 1. The average Bonchev–Trinajstić information content (AvgIpc) is 2.76. The van der Waals surface area contributed by atoms with Crippen molar-refractivity contribution in [1.29, 1.82) is 0 Å². The number of ether oxygens (including phenoxy) is 2. The third-order valence-corrected chi connectivity index (χ3v) is 3.17. The minimum atomic E-state index is -0.512. The summed E-state index contributed by atoms with van der Waals surface area (Å²) >= 11 is 0. The first kappa shape index (κ1) is 13.1. The number of aromatic hydroxyl groups is 2. The largest absolute Gasteiger partial charge is 0.508 e. The number of fused-ring (bicyclic) bond motifs is 1. The Kier molecular flexibility index (Phi) is 3.02. The van der Waals surface area contributed by atoms with Crippen molar-refractivity contribution < 1.29 is 24.5 Å². The maximum atomic E-state index is 12.0. The van der Waals surface area contributed by atoms with Gasteiger partial charge in [-0.25, -0.2) is 4.79 Å². The van der Waals surface area contributed by atoms with Gasteiger partial charge in [-0.05, 0) is 23.8 Å². The van der Waals surface area contributed by atoms with Crippen LogP contribution in [0.2, 0.25) is 0 Å². The quantitative estimate of drug-likeness (QED) is 0.503. The molecule has 0 saturated heterocycles. The number of rotatable bonds is 2. The Morgan fingerprint density at radius 1 is 1.10 bits per heavy atom. The van der Waals surface area contributed by atoms with Gasteiger partial charge in [0.15, 0.2) is 0 Å². The minimum absolute atomic E-state index is 0.0377. The van der Waals surface area contributed by atoms with Gasteiger partial charge in [-0.3, -0.25) is 0 Å². The second-order valence-corrected chi connectivity index (χ2v) is 4.56. The van der Waals surface area contributed by atoms with Crippen LogP contribution in [0.1, 0.15) is 11.1 Å². The van der Waals surface area contributed by atoms with E-state index >= 15 is 0 Å². The summed E-state index contributed by atoms with van der Waals surface area (Å²) in [4.78, 5) is 12.0. The highest BCUT2D eigenvalue weighted by molar-refractivity contribution is 6.26. The molecule has 0 unspecified atom stereocenters. The molecule has 106 valence electrons. The Morgan fingerprint density at radius 2 is 1.81 bits per heavy atom. The van der Waals surface area contributed by atoms with Crippen LogP contribution >= 0.6 is 0 Å². The van der Waals surface area contributed by atoms with E-state index in [4.69, 9.17) is 9.47 Å². The van der Waals surface area contributed by atoms with Gasteiger partial charge in [0.05, 0.1) is 18.2 Å². The number of hydrogen-bond acceptors (Lipinski definition) is 5. The van der Waals surface area contributed by atoms with Crippen LogP contribution in [0, 0.1) is 0 Å². The van der Waals surface area contributed by atoms with E-state index in [0.29, 0.717) is 16.9 Å². The lowest BCUT2D eigenvalue weighted by atomic mass is 10.0. The number of phenols is 2. The van der Waals surface area contributed by atoms with Crippen molar-refractivity contribution >= 4 is 17.6 Å². The first-order valence-corrected chi connectivity index (χ1v) is 6.23. The number of benzene rings is 2. The van der Waals surface area contributed by atoms with Crippen LogP contribution < -0.4 is 9.47 Å². The minimum Gasteiger partial charge on any atom is -0.508 e. The molecule has 0 fully saturated rings. The van der Waals surface area contributed by atoms with E-state index in [-0.39, 0.29) is 17.2 Å². The van der Waals surface area contributed by atoms with Crippen LogP contribution in [0.25, 0.3) is 11.6 Å². The van der Waals surface area contributed by atoms with Crippen molar-refractivity contribution in [2.75, 3.05) is 7.11 Å². The predicted octanol–water partition coefficient (Wildman–Crippen LogP) is 2.57. The molecular weight excluding hydrogens is 272 g/mol. The molecule has 1 aliphatic heterocycles. The molecule has 0 aliphatic carbocycles. The SMILES string of the molecule is COc1cc(O)cc2c1/C(=C\c1ccc(O)cc1)C(=O)O2. The first-order chi connectivity index (χ1) is 10.1. The molecule has 1 heterocycles. The van der Waals surface area contributed by atoms with E-state index in [1.54, 1.807) is 18.2 Å². The van der Waals surface area contributed by atoms with Gasteiger partial charge in [-0.2, -0.15) is 0 Å². The smallest absolute Gasteiger partial charge is 0.344 e. The van der Waals surface area contributed by atoms with E-state index in [9.17, 15) is 15.0 Å². The van der Waals surface area contributed by atoms with Crippen LogP contribution in [0.3, 0.4) is 0 Å². The van der Waals surface area contributed by atoms with Crippen molar-refractivity contribution in [3.63, 3.8) is 0 Å². The molecular formula is C16H12O5. The molecule has 0 saturated carbocycles. The molecule has 1 aliphatic rings. The Hall–Kier alpha value is -2.95. The van der Waals surface area contributed by atoms with Crippen LogP contribution in [0.4, 0.5) is 0 Å². The second-order valence-electron chi connectivity index (χ2n) is 4.56. The van der Waals surface area contributed by atoms with Gasteiger partial charge in [0.2, 0.25) is 0 Å². The van der Waals surface area contributed by atoms with Crippen molar-refractivity contribution in [2.24, 2.45) is 0 Å². The van der Waals surface area contributed by atoms with E-state index in [1.807, 2.05) is 0 Å². The van der Waals surface area contributed by atoms with Crippen molar-refractivity contribution in [3.8, 4) is 23.0 Å². The molecule has 0 aromatic heterocycles. The highest BCUT2D eigenvalue weighted by Crippen LogP contribution is 2.44. The number of carbonyl (C=O) groups excluding carboxylic acids is 1. The summed E-state index contributed by atoms with van der Waals surface area (Å²) in [6.45, 7) is 0. The van der Waals surface area contributed by atoms with E-state index in [1.165, 1.54) is 31.4 Å². The van der Waals surface area contributed by atoms with Crippen LogP contribution in [-0.4, -0.2) is 23.3 Å². The predicted molar refractivity (Wildman–Crippen MR) is 76.3 cm³/mol. The average molecular weight is 284 g/mol. The fourth-order valence-electron chi connectivity index (χ4n) is 2.21. The van der Waals surface area contributed by atoms with Gasteiger partial charge in [0, 0.05) is 12.1 Å². The number of hydrogen-bond donors (Lipinski definition) is 2. The Balaban J connectivity index is 2.14. The third-order valence-electron chi connectivity index (χ3n) is 3.17. The van der Waals surface area contributed by atoms with Gasteiger partial charge in [0.25, 0.3) is 0 Å². The van der Waals surface area contributed by atoms with Crippen molar-refractivity contribution in [2.45, 2.75) is 0 Å². The zero-order valence-corrected chi connectivity index (χ0v) is 11.2. The fraction of sp³-hybridized carbons (Fsp3) is 0.0625. The van der Waals surface area contributed by atoms with Gasteiger partial charge in [0.1, 0.15) is 23.0 Å². The Labute approximate surface area is 120 Å². The molecule has 2 N–H and O–H groups in total. The summed E-state index contributed by atoms with van der Waals surface area (Å²) in [5.74, 6) is 0.225. The van der Waals surface area contributed by atoms with Crippen LogP contribution in [0.5, 0.6) is 23.0 Å². The van der Waals surface area contributed by atoms with Crippen molar-refractivity contribution in [3.05, 3.63) is 47.5 Å². The molecule has 21 heavy (non-hydrogen) atoms. The zero-order valence-electron chi connectivity index (χ0n) is 11.2. The lowest BCUT2D eigenvalue weighted by Crippen LogP contribution is -2.00. The standard InChI is InChI=1S/C16H12O5/c1-20-13-7-11(18)8-14-15(13)12(16(19)21-14)6-9-2-4-10(17)5-3-9/h2-8,17-18H,1H3/b12-6+. The molecule has 0 radical (unpaired) electrons. The summed E-state index contributed by atoms with van der Waals surface area (Å²) in [7, 11) is 1.45. The van der Waals surface area contributed by atoms with Gasteiger partial charge < -0.3 is 19.7 Å². The molecule has 3 rings (SSSR count). The highest BCUT2D eigenvalue weighted by atomic mass is 16.5. The zero-order chi connectivity index (χ0) is 15.0. The summed E-state index contributed by atoms with van der Waals surface area (Å²) in [6, 6.07) is 9.21.